The maximum Gasteiger partial charge on any atom is 0.268 e. The Morgan fingerprint density at radius 2 is 2.17 bits per heavy atom. The molecule has 0 saturated heterocycles. The molecule has 2 rings (SSSR count). The first-order valence-corrected chi connectivity index (χ1v) is 5.32. The molecule has 1 aromatic heterocycles. The van der Waals surface area contributed by atoms with Gasteiger partial charge in [-0.3, -0.25) is 15.2 Å². The lowest BCUT2D eigenvalue weighted by Gasteiger charge is -2.11. The number of pyridine rings is 1. The lowest BCUT2D eigenvalue weighted by Crippen LogP contribution is -2.30. The highest BCUT2D eigenvalue weighted by Crippen LogP contribution is 2.30. The maximum absolute atomic E-state index is 11.5. The zero-order chi connectivity index (χ0) is 13.3. The molecule has 0 unspecified atom stereocenters. The first-order chi connectivity index (χ1) is 8.58. The molecule has 1 heterocycles. The van der Waals surface area contributed by atoms with E-state index in [-0.39, 0.29) is 5.56 Å². The van der Waals surface area contributed by atoms with Crippen LogP contribution in [0.25, 0.3) is 10.9 Å². The Kier molecular flexibility index (Phi) is 3.03. The molecule has 94 valence electrons. The second-order valence-electron chi connectivity index (χ2n) is 3.92. The van der Waals surface area contributed by atoms with Gasteiger partial charge in [0.2, 0.25) is 0 Å². The Hall–Kier alpha value is -2.34. The minimum atomic E-state index is -0.470. The summed E-state index contributed by atoms with van der Waals surface area (Å²) in [5.41, 5.74) is 10.2. The van der Waals surface area contributed by atoms with Crippen molar-refractivity contribution in [1.82, 2.24) is 10.4 Å². The predicted molar refractivity (Wildman–Crippen MR) is 69.1 cm³/mol. The van der Waals surface area contributed by atoms with Crippen molar-refractivity contribution >= 4 is 22.5 Å². The van der Waals surface area contributed by atoms with Crippen LogP contribution in [0.4, 0.5) is 5.69 Å². The second-order valence-corrected chi connectivity index (χ2v) is 3.92. The third kappa shape index (κ3) is 1.82. The van der Waals surface area contributed by atoms with E-state index in [9.17, 15) is 4.79 Å². The van der Waals surface area contributed by atoms with Gasteiger partial charge < -0.3 is 10.5 Å². The van der Waals surface area contributed by atoms with Crippen LogP contribution in [-0.2, 0) is 0 Å². The van der Waals surface area contributed by atoms with Crippen LogP contribution in [0.15, 0.2) is 18.3 Å². The number of hydrogen-bond acceptors (Lipinski definition) is 5. The number of nitrogens with two attached hydrogens (primary N) is 2. The molecular weight excluding hydrogens is 232 g/mol. The minimum absolute atomic E-state index is 0.248. The van der Waals surface area contributed by atoms with Gasteiger partial charge in [-0.2, -0.15) is 0 Å². The second kappa shape index (κ2) is 4.50. The number of amides is 1. The molecule has 0 saturated carbocycles. The van der Waals surface area contributed by atoms with Crippen LogP contribution in [0.3, 0.4) is 0 Å². The molecule has 1 amide bonds. The van der Waals surface area contributed by atoms with Crippen LogP contribution in [0.5, 0.6) is 5.75 Å². The number of carbonyl (C=O) groups excluding carboxylic acids is 1. The number of anilines is 1. The molecule has 0 aliphatic heterocycles. The van der Waals surface area contributed by atoms with E-state index in [4.69, 9.17) is 16.3 Å². The van der Waals surface area contributed by atoms with Crippen molar-refractivity contribution in [3.63, 3.8) is 0 Å². The average Bonchev–Trinajstić information content (AvgIpc) is 2.38. The van der Waals surface area contributed by atoms with Crippen molar-refractivity contribution in [2.24, 2.45) is 5.84 Å². The normalized spacial score (nSPS) is 10.4. The van der Waals surface area contributed by atoms with Crippen molar-refractivity contribution < 1.29 is 9.53 Å². The molecule has 0 aliphatic rings. The number of nitrogens with one attached hydrogen (secondary N) is 1. The number of rotatable bonds is 2. The molecule has 0 atom stereocenters. The first-order valence-electron chi connectivity index (χ1n) is 5.32. The van der Waals surface area contributed by atoms with Crippen LogP contribution < -0.4 is 21.7 Å². The Balaban J connectivity index is 2.78. The van der Waals surface area contributed by atoms with Crippen LogP contribution >= 0.6 is 0 Å². The molecular formula is C12H14N4O2. The summed E-state index contributed by atoms with van der Waals surface area (Å²) in [6, 6.07) is 3.71. The number of ether oxygens (including phenoxy) is 1. The number of methoxy groups -OCH3 is 1. The van der Waals surface area contributed by atoms with Gasteiger partial charge in [0.25, 0.3) is 5.91 Å². The molecule has 1 aromatic carbocycles. The van der Waals surface area contributed by atoms with E-state index in [1.165, 1.54) is 6.20 Å². The van der Waals surface area contributed by atoms with Crippen LogP contribution in [0, 0.1) is 6.92 Å². The van der Waals surface area contributed by atoms with Gasteiger partial charge in [-0.1, -0.05) is 0 Å². The Morgan fingerprint density at radius 3 is 2.78 bits per heavy atom. The minimum Gasteiger partial charge on any atom is -0.494 e. The van der Waals surface area contributed by atoms with Crippen molar-refractivity contribution in [1.29, 1.82) is 0 Å². The van der Waals surface area contributed by atoms with E-state index in [0.29, 0.717) is 22.3 Å². The SMILES string of the molecule is COc1cc(C)cc2c(N)c(C(=O)NN)cnc12. The number of hydrogen-bond donors (Lipinski definition) is 3. The largest absolute Gasteiger partial charge is 0.494 e. The zero-order valence-corrected chi connectivity index (χ0v) is 10.2. The van der Waals surface area contributed by atoms with Crippen LogP contribution in [0.1, 0.15) is 15.9 Å². The number of hydrazine groups is 1. The summed E-state index contributed by atoms with van der Waals surface area (Å²) in [7, 11) is 1.56. The quantitative estimate of drug-likeness (QED) is 0.412. The molecule has 6 heteroatoms. The number of aryl methyl sites for hydroxylation is 1. The topological polar surface area (TPSA) is 103 Å². The summed E-state index contributed by atoms with van der Waals surface area (Å²) >= 11 is 0. The van der Waals surface area contributed by atoms with E-state index < -0.39 is 5.91 Å². The molecule has 0 spiro atoms. The van der Waals surface area contributed by atoms with Gasteiger partial charge in [0, 0.05) is 11.6 Å². The van der Waals surface area contributed by atoms with Crippen LogP contribution in [-0.4, -0.2) is 18.0 Å². The lowest BCUT2D eigenvalue weighted by molar-refractivity contribution is 0.0954. The Bertz CT molecular complexity index is 625. The van der Waals surface area contributed by atoms with E-state index in [2.05, 4.69) is 4.98 Å². The lowest BCUT2D eigenvalue weighted by atomic mass is 10.1. The number of fused-ring (bicyclic) bond motifs is 1. The van der Waals surface area contributed by atoms with Crippen molar-refractivity contribution in [3.8, 4) is 5.75 Å². The van der Waals surface area contributed by atoms with Gasteiger partial charge in [-0.15, -0.1) is 0 Å². The smallest absolute Gasteiger partial charge is 0.268 e. The van der Waals surface area contributed by atoms with Gasteiger partial charge >= 0.3 is 0 Å². The highest BCUT2D eigenvalue weighted by molar-refractivity contribution is 6.07. The molecule has 18 heavy (non-hydrogen) atoms. The van der Waals surface area contributed by atoms with Gasteiger partial charge in [0.1, 0.15) is 11.3 Å². The molecule has 5 N–H and O–H groups in total. The standard InChI is InChI=1S/C12H14N4O2/c1-6-3-7-10(13)8(12(17)16-14)5-15-11(7)9(4-6)18-2/h3-5H,14H2,1-2H3,(H2,13,15)(H,16,17). The molecule has 0 bridgehead atoms. The van der Waals surface area contributed by atoms with Crippen molar-refractivity contribution in [2.45, 2.75) is 6.92 Å². The fraction of sp³-hybridized carbons (Fsp3) is 0.167. The van der Waals surface area contributed by atoms with Gasteiger partial charge in [-0.05, 0) is 24.6 Å². The molecule has 0 radical (unpaired) electrons. The van der Waals surface area contributed by atoms with E-state index in [1.807, 2.05) is 24.5 Å². The highest BCUT2D eigenvalue weighted by Gasteiger charge is 2.14. The third-order valence-electron chi connectivity index (χ3n) is 2.72. The summed E-state index contributed by atoms with van der Waals surface area (Å²) in [6.07, 6.45) is 1.39. The number of aromatic nitrogens is 1. The number of carbonyl (C=O) groups is 1. The van der Waals surface area contributed by atoms with Gasteiger partial charge in [0.15, 0.2) is 0 Å². The monoisotopic (exact) mass is 246 g/mol. The maximum atomic E-state index is 11.5. The van der Waals surface area contributed by atoms with E-state index >= 15 is 0 Å². The fourth-order valence-electron chi connectivity index (χ4n) is 1.84. The first kappa shape index (κ1) is 12.1. The van der Waals surface area contributed by atoms with E-state index in [1.54, 1.807) is 7.11 Å². The molecule has 0 fully saturated rings. The number of benzene rings is 1. The summed E-state index contributed by atoms with van der Waals surface area (Å²) in [4.78, 5) is 15.7. The number of nitrogen functional groups attached to an aromatic ring is 2. The third-order valence-corrected chi connectivity index (χ3v) is 2.72. The molecule has 6 nitrogen and oxygen atoms in total. The van der Waals surface area contributed by atoms with Crippen LogP contribution in [0.2, 0.25) is 0 Å². The molecule has 0 aliphatic carbocycles. The Morgan fingerprint density at radius 1 is 1.44 bits per heavy atom. The molecule has 2 aromatic rings. The number of nitrogens with zero attached hydrogens (tertiary/aromatic N) is 1. The summed E-state index contributed by atoms with van der Waals surface area (Å²) in [5.74, 6) is 5.25. The summed E-state index contributed by atoms with van der Waals surface area (Å²) in [6.45, 7) is 1.91. The van der Waals surface area contributed by atoms with E-state index in [0.717, 1.165) is 5.56 Å². The predicted octanol–water partition coefficient (Wildman–Crippen LogP) is 0.738. The van der Waals surface area contributed by atoms with Crippen molar-refractivity contribution in [2.75, 3.05) is 12.8 Å². The summed E-state index contributed by atoms with van der Waals surface area (Å²) < 4.78 is 5.25. The average molecular weight is 246 g/mol. The summed E-state index contributed by atoms with van der Waals surface area (Å²) in [5, 5.41) is 0.674. The highest BCUT2D eigenvalue weighted by atomic mass is 16.5. The zero-order valence-electron chi connectivity index (χ0n) is 10.2. The van der Waals surface area contributed by atoms with Gasteiger partial charge in [-0.25, -0.2) is 5.84 Å². The van der Waals surface area contributed by atoms with Gasteiger partial charge in [0.05, 0.1) is 18.4 Å². The van der Waals surface area contributed by atoms with Crippen molar-refractivity contribution in [3.05, 3.63) is 29.5 Å². The fourth-order valence-corrected chi connectivity index (χ4v) is 1.84. The Labute approximate surface area is 104 Å².